The summed E-state index contributed by atoms with van der Waals surface area (Å²) in [7, 11) is 0. The molecule has 4 aromatic rings. The molecule has 0 spiro atoms. The molecule has 0 saturated carbocycles. The number of aromatic nitrogens is 1. The number of alkyl halides is 3. The van der Waals surface area contributed by atoms with Crippen molar-refractivity contribution in [3.05, 3.63) is 96.1 Å². The Balaban J connectivity index is 1.41. The number of carbonyl (C=O) groups is 2. The molecule has 2 N–H and O–H groups in total. The topological polar surface area (TPSA) is 80.3 Å². The van der Waals surface area contributed by atoms with Crippen molar-refractivity contribution >= 4 is 23.2 Å². The zero-order chi connectivity index (χ0) is 25.3. The van der Waals surface area contributed by atoms with Crippen molar-refractivity contribution < 1.29 is 27.5 Å². The Morgan fingerprint density at radius 2 is 1.61 bits per heavy atom. The van der Waals surface area contributed by atoms with Crippen LogP contribution in [0, 0.1) is 0 Å². The Bertz CT molecular complexity index is 1480. The first-order chi connectivity index (χ1) is 17.3. The number of benzene rings is 3. The van der Waals surface area contributed by atoms with Gasteiger partial charge in [-0.05, 0) is 54.6 Å². The van der Waals surface area contributed by atoms with E-state index in [1.165, 1.54) is 12.1 Å². The fraction of sp³-hybridized carbons (Fsp3) is 0.0741. The average molecular weight is 489 g/mol. The van der Waals surface area contributed by atoms with Crippen molar-refractivity contribution in [1.82, 2.24) is 4.98 Å². The molecule has 1 aromatic heterocycles. The van der Waals surface area contributed by atoms with Crippen molar-refractivity contribution in [2.45, 2.75) is 6.18 Å². The number of anilines is 2. The SMILES string of the molecule is O=C1COc2ccc(-c3cccc(-c4cccc(NC(=O)c5ccccc5C(F)(F)F)c4)n3)cc2N1. The molecule has 36 heavy (non-hydrogen) atoms. The second-order valence-corrected chi connectivity index (χ2v) is 8.03. The predicted octanol–water partition coefficient (Wildman–Crippen LogP) is 6.02. The smallest absolute Gasteiger partial charge is 0.417 e. The van der Waals surface area contributed by atoms with Crippen LogP contribution in [0.25, 0.3) is 22.5 Å². The molecule has 1 aliphatic rings. The van der Waals surface area contributed by atoms with Crippen LogP contribution in [-0.4, -0.2) is 23.4 Å². The van der Waals surface area contributed by atoms with Crippen LogP contribution in [0.3, 0.4) is 0 Å². The molecule has 0 radical (unpaired) electrons. The van der Waals surface area contributed by atoms with E-state index < -0.39 is 23.2 Å². The van der Waals surface area contributed by atoms with Gasteiger partial charge in [0.1, 0.15) is 5.75 Å². The van der Waals surface area contributed by atoms with E-state index in [2.05, 4.69) is 10.6 Å². The van der Waals surface area contributed by atoms with Gasteiger partial charge in [0.05, 0.1) is 28.2 Å². The maximum absolute atomic E-state index is 13.3. The zero-order valence-electron chi connectivity index (χ0n) is 18.6. The van der Waals surface area contributed by atoms with Gasteiger partial charge in [-0.1, -0.05) is 30.3 Å². The van der Waals surface area contributed by atoms with Crippen molar-refractivity contribution in [2.75, 3.05) is 17.2 Å². The van der Waals surface area contributed by atoms with E-state index in [4.69, 9.17) is 9.72 Å². The second-order valence-electron chi connectivity index (χ2n) is 8.03. The molecule has 180 valence electrons. The molecular weight excluding hydrogens is 471 g/mol. The van der Waals surface area contributed by atoms with Gasteiger partial charge in [-0.15, -0.1) is 0 Å². The number of carbonyl (C=O) groups excluding carboxylic acids is 2. The Hall–Kier alpha value is -4.66. The lowest BCUT2D eigenvalue weighted by Gasteiger charge is -2.18. The summed E-state index contributed by atoms with van der Waals surface area (Å²) in [5, 5.41) is 5.31. The molecule has 0 unspecified atom stereocenters. The summed E-state index contributed by atoms with van der Waals surface area (Å²) in [6.45, 7) is -0.0330. The molecular formula is C27H18F3N3O3. The third kappa shape index (κ3) is 4.76. The number of hydrogen-bond donors (Lipinski definition) is 2. The van der Waals surface area contributed by atoms with E-state index >= 15 is 0 Å². The van der Waals surface area contributed by atoms with Crippen molar-refractivity contribution in [3.63, 3.8) is 0 Å². The third-order valence-corrected chi connectivity index (χ3v) is 5.55. The average Bonchev–Trinajstić information content (AvgIpc) is 2.88. The van der Waals surface area contributed by atoms with Crippen LogP contribution in [-0.2, 0) is 11.0 Å². The molecule has 1 aliphatic heterocycles. The molecule has 3 aromatic carbocycles. The van der Waals surface area contributed by atoms with Gasteiger partial charge >= 0.3 is 6.18 Å². The molecule has 0 fully saturated rings. The lowest BCUT2D eigenvalue weighted by atomic mass is 10.1. The van der Waals surface area contributed by atoms with Crippen LogP contribution in [0.1, 0.15) is 15.9 Å². The monoisotopic (exact) mass is 489 g/mol. The van der Waals surface area contributed by atoms with Crippen LogP contribution in [0.2, 0.25) is 0 Å². The molecule has 5 rings (SSSR count). The van der Waals surface area contributed by atoms with Crippen LogP contribution < -0.4 is 15.4 Å². The molecule has 9 heteroatoms. The van der Waals surface area contributed by atoms with E-state index in [0.717, 1.165) is 17.7 Å². The van der Waals surface area contributed by atoms with Crippen molar-refractivity contribution in [2.24, 2.45) is 0 Å². The fourth-order valence-corrected chi connectivity index (χ4v) is 3.88. The van der Waals surface area contributed by atoms with E-state index in [9.17, 15) is 22.8 Å². The number of halogens is 3. The van der Waals surface area contributed by atoms with E-state index in [0.29, 0.717) is 34.1 Å². The Kier molecular flexibility index (Phi) is 5.89. The minimum Gasteiger partial charge on any atom is -0.482 e. The Morgan fingerprint density at radius 3 is 2.39 bits per heavy atom. The van der Waals surface area contributed by atoms with Crippen LogP contribution >= 0.6 is 0 Å². The largest absolute Gasteiger partial charge is 0.482 e. The highest BCUT2D eigenvalue weighted by atomic mass is 19.4. The maximum atomic E-state index is 13.3. The highest BCUT2D eigenvalue weighted by molar-refractivity contribution is 6.05. The zero-order valence-corrected chi connectivity index (χ0v) is 18.6. The summed E-state index contributed by atoms with van der Waals surface area (Å²) < 4.78 is 45.3. The van der Waals surface area contributed by atoms with Crippen LogP contribution in [0.15, 0.2) is 84.9 Å². The first-order valence-corrected chi connectivity index (χ1v) is 10.9. The van der Waals surface area contributed by atoms with Crippen molar-refractivity contribution in [1.29, 1.82) is 0 Å². The quantitative estimate of drug-likeness (QED) is 0.368. The van der Waals surface area contributed by atoms with E-state index in [-0.39, 0.29) is 12.5 Å². The normalized spacial score (nSPS) is 12.8. The number of amides is 2. The van der Waals surface area contributed by atoms with E-state index in [1.54, 1.807) is 42.5 Å². The minimum absolute atomic E-state index is 0.0330. The summed E-state index contributed by atoms with van der Waals surface area (Å²) in [5.41, 5.74) is 2.08. The maximum Gasteiger partial charge on any atom is 0.417 e. The summed E-state index contributed by atoms with van der Waals surface area (Å²) in [6.07, 6.45) is -4.65. The lowest BCUT2D eigenvalue weighted by Crippen LogP contribution is -2.25. The molecule has 2 amide bonds. The molecule has 6 nitrogen and oxygen atoms in total. The number of ether oxygens (including phenoxy) is 1. The number of rotatable bonds is 4. The number of fused-ring (bicyclic) bond motifs is 1. The van der Waals surface area contributed by atoms with Gasteiger partial charge < -0.3 is 15.4 Å². The second kappa shape index (κ2) is 9.18. The molecule has 0 saturated heterocycles. The molecule has 0 bridgehead atoms. The summed E-state index contributed by atoms with van der Waals surface area (Å²) in [5.74, 6) is -0.525. The van der Waals surface area contributed by atoms with Crippen molar-refractivity contribution in [3.8, 4) is 28.3 Å². The van der Waals surface area contributed by atoms with E-state index in [1.807, 2.05) is 18.2 Å². The fourth-order valence-electron chi connectivity index (χ4n) is 3.88. The standard InChI is InChI=1S/C27H18F3N3O3/c28-27(29,30)20-8-2-1-7-19(20)26(35)31-18-6-3-5-16(13-18)21-9-4-10-22(32-21)17-11-12-24-23(14-17)33-25(34)15-36-24/h1-14H,15H2,(H,31,35)(H,33,34). The third-order valence-electron chi connectivity index (χ3n) is 5.55. The van der Waals surface area contributed by atoms with Gasteiger partial charge in [-0.2, -0.15) is 13.2 Å². The lowest BCUT2D eigenvalue weighted by molar-refractivity contribution is -0.137. The van der Waals surface area contributed by atoms with Gasteiger partial charge in [0, 0.05) is 16.8 Å². The number of nitrogens with one attached hydrogen (secondary N) is 2. The highest BCUT2D eigenvalue weighted by Gasteiger charge is 2.34. The Labute approximate surface area is 203 Å². The predicted molar refractivity (Wildman–Crippen MR) is 129 cm³/mol. The highest BCUT2D eigenvalue weighted by Crippen LogP contribution is 2.34. The first kappa shape index (κ1) is 23.1. The summed E-state index contributed by atoms with van der Waals surface area (Å²) >= 11 is 0. The van der Waals surface area contributed by atoms with Gasteiger partial charge in [0.2, 0.25) is 0 Å². The van der Waals surface area contributed by atoms with Crippen LogP contribution in [0.4, 0.5) is 24.5 Å². The first-order valence-electron chi connectivity index (χ1n) is 10.9. The summed E-state index contributed by atoms with van der Waals surface area (Å²) in [6, 6.07) is 22.1. The minimum atomic E-state index is -4.65. The Morgan fingerprint density at radius 1 is 0.889 bits per heavy atom. The molecule has 0 atom stereocenters. The molecule has 0 aliphatic carbocycles. The van der Waals surface area contributed by atoms with Crippen LogP contribution in [0.5, 0.6) is 5.75 Å². The molecule has 2 heterocycles. The number of pyridine rings is 1. The van der Waals surface area contributed by atoms with Gasteiger partial charge in [-0.25, -0.2) is 4.98 Å². The van der Waals surface area contributed by atoms with Gasteiger partial charge in [0.25, 0.3) is 11.8 Å². The number of nitrogens with zero attached hydrogens (tertiary/aromatic N) is 1. The van der Waals surface area contributed by atoms with Gasteiger partial charge in [0.15, 0.2) is 6.61 Å². The van der Waals surface area contributed by atoms with Gasteiger partial charge in [-0.3, -0.25) is 9.59 Å². The summed E-state index contributed by atoms with van der Waals surface area (Å²) in [4.78, 5) is 29.0. The number of hydrogen-bond acceptors (Lipinski definition) is 4.